The Kier molecular flexibility index (Phi) is 4.06. The summed E-state index contributed by atoms with van der Waals surface area (Å²) in [4.78, 5) is 4.47. The lowest BCUT2D eigenvalue weighted by atomic mass is 10.1. The highest BCUT2D eigenvalue weighted by Crippen LogP contribution is 2.35. The van der Waals surface area contributed by atoms with Crippen LogP contribution in [-0.4, -0.2) is 16.7 Å². The molecule has 2 heterocycles. The van der Waals surface area contributed by atoms with E-state index in [2.05, 4.69) is 15.6 Å². The molecule has 5 heteroatoms. The lowest BCUT2D eigenvalue weighted by Crippen LogP contribution is -2.02. The van der Waals surface area contributed by atoms with Gasteiger partial charge in [-0.25, -0.2) is 0 Å². The number of benzene rings is 2. The molecule has 0 aliphatic carbocycles. The van der Waals surface area contributed by atoms with Crippen LogP contribution in [0.25, 0.3) is 21.8 Å². The summed E-state index contributed by atoms with van der Waals surface area (Å²) >= 11 is 12.8. The zero-order valence-corrected chi connectivity index (χ0v) is 15.4. The van der Waals surface area contributed by atoms with Crippen molar-refractivity contribution in [2.24, 2.45) is 0 Å². The van der Waals surface area contributed by atoms with Crippen molar-refractivity contribution in [3.8, 4) is 5.75 Å². The van der Waals surface area contributed by atoms with E-state index in [1.165, 1.54) is 0 Å². The molecule has 0 saturated carbocycles. The fraction of sp³-hybridized carbons (Fsp3) is 0.150. The Morgan fingerprint density at radius 3 is 2.52 bits per heavy atom. The van der Waals surface area contributed by atoms with E-state index in [0.717, 1.165) is 38.8 Å². The average molecular weight is 371 g/mol. The second-order valence-electron chi connectivity index (χ2n) is 5.96. The predicted molar refractivity (Wildman–Crippen MR) is 104 cm³/mol. The molecule has 0 spiro atoms. The fourth-order valence-corrected chi connectivity index (χ4v) is 3.85. The Morgan fingerprint density at radius 2 is 1.80 bits per heavy atom. The fourth-order valence-electron chi connectivity index (χ4n) is 3.33. The lowest BCUT2D eigenvalue weighted by Gasteiger charge is -2.12. The molecule has 0 aliphatic rings. The van der Waals surface area contributed by atoms with Crippen molar-refractivity contribution in [3.05, 3.63) is 70.0 Å². The second-order valence-corrected chi connectivity index (χ2v) is 6.78. The van der Waals surface area contributed by atoms with Gasteiger partial charge in [0.2, 0.25) is 0 Å². The molecule has 25 heavy (non-hydrogen) atoms. The smallest absolute Gasteiger partial charge is 0.120 e. The summed E-state index contributed by atoms with van der Waals surface area (Å²) in [6.45, 7) is 2.58. The first-order valence-corrected chi connectivity index (χ1v) is 8.70. The van der Waals surface area contributed by atoms with Crippen molar-refractivity contribution < 1.29 is 4.74 Å². The van der Waals surface area contributed by atoms with Crippen molar-refractivity contribution >= 4 is 45.0 Å². The number of methoxy groups -OCH3 is 1. The van der Waals surface area contributed by atoms with Crippen LogP contribution in [0, 0.1) is 6.92 Å². The van der Waals surface area contributed by atoms with Gasteiger partial charge in [-0.1, -0.05) is 29.3 Å². The minimum atomic E-state index is 0.568. The second kappa shape index (κ2) is 6.25. The van der Waals surface area contributed by atoms with Crippen LogP contribution >= 0.6 is 23.2 Å². The van der Waals surface area contributed by atoms with Gasteiger partial charge >= 0.3 is 0 Å². The largest absolute Gasteiger partial charge is 0.497 e. The maximum atomic E-state index is 6.41. The zero-order chi connectivity index (χ0) is 17.6. The first kappa shape index (κ1) is 16.2. The molecule has 2 aromatic heterocycles. The van der Waals surface area contributed by atoms with E-state index in [1.807, 2.05) is 49.5 Å². The molecule has 0 bridgehead atoms. The van der Waals surface area contributed by atoms with E-state index >= 15 is 0 Å². The summed E-state index contributed by atoms with van der Waals surface area (Å²) in [5, 5.41) is 3.64. The summed E-state index contributed by atoms with van der Waals surface area (Å²) < 4.78 is 7.63. The molecule has 0 unspecified atom stereocenters. The number of hydrogen-bond donors (Lipinski definition) is 0. The van der Waals surface area contributed by atoms with Crippen LogP contribution in [-0.2, 0) is 6.54 Å². The molecule has 0 radical (unpaired) electrons. The van der Waals surface area contributed by atoms with Gasteiger partial charge in [0.1, 0.15) is 5.75 Å². The third-order valence-corrected chi connectivity index (χ3v) is 5.25. The van der Waals surface area contributed by atoms with Crippen LogP contribution in [0.5, 0.6) is 5.75 Å². The standard InChI is InChI=1S/C20H16Cl2N2O/c1-12-20-15(8-9-23-12)14-7-6-13(25-2)10-19(14)24(20)11-16-17(21)4-3-5-18(16)22/h3-10H,11H2,1-2H3. The van der Waals surface area contributed by atoms with Crippen molar-refractivity contribution in [1.29, 1.82) is 0 Å². The SMILES string of the molecule is COc1ccc2c3ccnc(C)c3n(Cc3c(Cl)cccc3Cl)c2c1. The molecule has 0 saturated heterocycles. The topological polar surface area (TPSA) is 27.1 Å². The number of halogens is 2. The highest BCUT2D eigenvalue weighted by Gasteiger charge is 2.16. The maximum absolute atomic E-state index is 6.41. The third-order valence-electron chi connectivity index (χ3n) is 4.54. The molecule has 2 aromatic carbocycles. The van der Waals surface area contributed by atoms with Gasteiger partial charge in [0.15, 0.2) is 0 Å². The van der Waals surface area contributed by atoms with Gasteiger partial charge in [0, 0.05) is 38.6 Å². The first-order valence-electron chi connectivity index (χ1n) is 7.94. The van der Waals surface area contributed by atoms with Gasteiger partial charge in [0.05, 0.1) is 30.4 Å². The zero-order valence-electron chi connectivity index (χ0n) is 13.9. The van der Waals surface area contributed by atoms with Gasteiger partial charge in [0.25, 0.3) is 0 Å². The predicted octanol–water partition coefficient (Wildman–Crippen LogP) is 5.86. The number of aryl methyl sites for hydroxylation is 1. The van der Waals surface area contributed by atoms with Crippen molar-refractivity contribution in [2.75, 3.05) is 7.11 Å². The van der Waals surface area contributed by atoms with E-state index in [1.54, 1.807) is 7.11 Å². The number of fused-ring (bicyclic) bond motifs is 3. The van der Waals surface area contributed by atoms with Crippen LogP contribution in [0.4, 0.5) is 0 Å². The van der Waals surface area contributed by atoms with E-state index in [4.69, 9.17) is 27.9 Å². The van der Waals surface area contributed by atoms with Crippen molar-refractivity contribution in [1.82, 2.24) is 9.55 Å². The van der Waals surface area contributed by atoms with Crippen LogP contribution < -0.4 is 4.74 Å². The molecular weight excluding hydrogens is 355 g/mol. The third kappa shape index (κ3) is 2.64. The van der Waals surface area contributed by atoms with E-state index in [0.29, 0.717) is 16.6 Å². The number of ether oxygens (including phenoxy) is 1. The number of hydrogen-bond acceptors (Lipinski definition) is 2. The Bertz CT molecular complexity index is 1080. The minimum Gasteiger partial charge on any atom is -0.497 e. The Labute approximate surface area is 155 Å². The normalized spacial score (nSPS) is 11.4. The minimum absolute atomic E-state index is 0.568. The number of pyridine rings is 1. The Hall–Kier alpha value is -2.23. The number of nitrogens with zero attached hydrogens (tertiary/aromatic N) is 2. The van der Waals surface area contributed by atoms with Crippen molar-refractivity contribution in [2.45, 2.75) is 13.5 Å². The summed E-state index contributed by atoms with van der Waals surface area (Å²) in [5.74, 6) is 0.812. The lowest BCUT2D eigenvalue weighted by molar-refractivity contribution is 0.415. The molecule has 0 fully saturated rings. The van der Waals surface area contributed by atoms with Gasteiger partial charge in [-0.05, 0) is 37.3 Å². The van der Waals surface area contributed by atoms with Gasteiger partial charge in [-0.3, -0.25) is 4.98 Å². The van der Waals surface area contributed by atoms with Crippen molar-refractivity contribution in [3.63, 3.8) is 0 Å². The molecule has 0 amide bonds. The molecule has 4 rings (SSSR count). The maximum Gasteiger partial charge on any atom is 0.120 e. The summed E-state index contributed by atoms with van der Waals surface area (Å²) in [6.07, 6.45) is 1.84. The summed E-state index contributed by atoms with van der Waals surface area (Å²) in [5.41, 5.74) is 4.02. The monoisotopic (exact) mass is 370 g/mol. The van der Waals surface area contributed by atoms with Crippen LogP contribution in [0.3, 0.4) is 0 Å². The Balaban J connectivity index is 2.06. The van der Waals surface area contributed by atoms with E-state index in [9.17, 15) is 0 Å². The Morgan fingerprint density at radius 1 is 1.04 bits per heavy atom. The molecule has 3 nitrogen and oxygen atoms in total. The number of rotatable bonds is 3. The van der Waals surface area contributed by atoms with Gasteiger partial charge in [-0.15, -0.1) is 0 Å². The van der Waals surface area contributed by atoms with E-state index < -0.39 is 0 Å². The van der Waals surface area contributed by atoms with Crippen LogP contribution in [0.2, 0.25) is 10.0 Å². The molecular formula is C20H16Cl2N2O. The molecule has 0 N–H and O–H groups in total. The van der Waals surface area contributed by atoms with Crippen LogP contribution in [0.15, 0.2) is 48.7 Å². The molecule has 0 atom stereocenters. The highest BCUT2D eigenvalue weighted by molar-refractivity contribution is 6.36. The summed E-state index contributed by atoms with van der Waals surface area (Å²) in [6, 6.07) is 13.7. The molecule has 126 valence electrons. The first-order chi connectivity index (χ1) is 12.1. The highest BCUT2D eigenvalue weighted by atomic mass is 35.5. The molecule has 0 aliphatic heterocycles. The quantitative estimate of drug-likeness (QED) is 0.451. The van der Waals surface area contributed by atoms with Crippen LogP contribution in [0.1, 0.15) is 11.3 Å². The van der Waals surface area contributed by atoms with E-state index in [-0.39, 0.29) is 0 Å². The van der Waals surface area contributed by atoms with Gasteiger partial charge in [-0.2, -0.15) is 0 Å². The molecule has 4 aromatic rings. The summed E-state index contributed by atoms with van der Waals surface area (Å²) in [7, 11) is 1.67. The van der Waals surface area contributed by atoms with Gasteiger partial charge < -0.3 is 9.30 Å². The average Bonchev–Trinajstić information content (AvgIpc) is 2.92. The number of aromatic nitrogens is 2.